The highest BCUT2D eigenvalue weighted by molar-refractivity contribution is 6.19. The molecule has 2 heteroatoms. The summed E-state index contributed by atoms with van der Waals surface area (Å²) in [5.41, 5.74) is 15.1. The SMILES string of the molecule is CC1(C)c2ccccc2-c2cc(N(c3ccc(-c4ccc5c(c4)oc4ccc6ccccc6c45)cc3)c3cccc(-c4ccc5ccccc5c4)c3)ccc21. The van der Waals surface area contributed by atoms with Crippen molar-refractivity contribution < 1.29 is 4.42 Å². The molecule has 0 bridgehead atoms. The van der Waals surface area contributed by atoms with E-state index in [9.17, 15) is 0 Å². The summed E-state index contributed by atoms with van der Waals surface area (Å²) in [7, 11) is 0. The van der Waals surface area contributed by atoms with E-state index in [4.69, 9.17) is 4.42 Å². The molecule has 0 spiro atoms. The van der Waals surface area contributed by atoms with Crippen molar-refractivity contribution >= 4 is 60.5 Å². The molecule has 0 fully saturated rings. The Morgan fingerprint density at radius 2 is 1.04 bits per heavy atom. The first-order valence-electron chi connectivity index (χ1n) is 19.1. The summed E-state index contributed by atoms with van der Waals surface area (Å²) < 4.78 is 6.44. The molecule has 0 N–H and O–H groups in total. The van der Waals surface area contributed by atoms with Crippen molar-refractivity contribution in [3.05, 3.63) is 199 Å². The van der Waals surface area contributed by atoms with Gasteiger partial charge in [0.1, 0.15) is 11.2 Å². The Balaban J connectivity index is 1.03. The number of hydrogen-bond donors (Lipinski definition) is 0. The number of anilines is 3. The maximum absolute atomic E-state index is 6.44. The molecule has 0 radical (unpaired) electrons. The average Bonchev–Trinajstić information content (AvgIpc) is 3.73. The zero-order valence-corrected chi connectivity index (χ0v) is 30.8. The number of hydrogen-bond acceptors (Lipinski definition) is 2. The molecular weight excluding hydrogens is 667 g/mol. The third-order valence-corrected chi connectivity index (χ3v) is 11.8. The summed E-state index contributed by atoms with van der Waals surface area (Å²) in [6.45, 7) is 4.68. The summed E-state index contributed by atoms with van der Waals surface area (Å²) in [5, 5.41) is 7.26. The summed E-state index contributed by atoms with van der Waals surface area (Å²) in [5.74, 6) is 0. The van der Waals surface area contributed by atoms with Crippen LogP contribution in [-0.2, 0) is 5.41 Å². The molecule has 1 aliphatic rings. The second-order valence-electron chi connectivity index (χ2n) is 15.4. The molecule has 9 aromatic carbocycles. The van der Waals surface area contributed by atoms with Crippen LogP contribution in [0.15, 0.2) is 192 Å². The highest BCUT2D eigenvalue weighted by Gasteiger charge is 2.35. The summed E-state index contributed by atoms with van der Waals surface area (Å²) >= 11 is 0. The molecule has 2 nitrogen and oxygen atoms in total. The average molecular weight is 704 g/mol. The van der Waals surface area contributed by atoms with Crippen LogP contribution in [-0.4, -0.2) is 0 Å². The van der Waals surface area contributed by atoms with Crippen LogP contribution in [0.25, 0.3) is 76.9 Å². The van der Waals surface area contributed by atoms with E-state index in [1.165, 1.54) is 60.3 Å². The van der Waals surface area contributed by atoms with Gasteiger partial charge in [-0.3, -0.25) is 0 Å². The lowest BCUT2D eigenvalue weighted by molar-refractivity contribution is 0.660. The molecule has 55 heavy (non-hydrogen) atoms. The molecule has 0 atom stereocenters. The fraction of sp³-hybridized carbons (Fsp3) is 0.0566. The predicted octanol–water partition coefficient (Wildman–Crippen LogP) is 15.0. The van der Waals surface area contributed by atoms with Gasteiger partial charge >= 0.3 is 0 Å². The normalized spacial score (nSPS) is 13.1. The minimum absolute atomic E-state index is 0.0546. The van der Waals surface area contributed by atoms with Gasteiger partial charge in [0.2, 0.25) is 0 Å². The molecule has 1 aromatic heterocycles. The summed E-state index contributed by atoms with van der Waals surface area (Å²) in [4.78, 5) is 2.40. The number of nitrogens with zero attached hydrogens (tertiary/aromatic N) is 1. The van der Waals surface area contributed by atoms with Gasteiger partial charge in [0, 0.05) is 33.2 Å². The fourth-order valence-corrected chi connectivity index (χ4v) is 9.02. The molecular formula is C53H37NO. The van der Waals surface area contributed by atoms with Crippen LogP contribution in [0.3, 0.4) is 0 Å². The summed E-state index contributed by atoms with van der Waals surface area (Å²) in [6.07, 6.45) is 0. The van der Waals surface area contributed by atoms with Crippen molar-refractivity contribution in [1.29, 1.82) is 0 Å². The Bertz CT molecular complexity index is 3130. The van der Waals surface area contributed by atoms with E-state index in [0.29, 0.717) is 0 Å². The van der Waals surface area contributed by atoms with E-state index in [2.05, 4.69) is 207 Å². The predicted molar refractivity (Wildman–Crippen MR) is 232 cm³/mol. The molecule has 0 unspecified atom stereocenters. The van der Waals surface area contributed by atoms with Gasteiger partial charge in [-0.05, 0) is 127 Å². The largest absolute Gasteiger partial charge is 0.456 e. The van der Waals surface area contributed by atoms with Crippen LogP contribution in [0, 0.1) is 0 Å². The lowest BCUT2D eigenvalue weighted by Crippen LogP contribution is -2.15. The number of furan rings is 1. The first kappa shape index (κ1) is 31.6. The van der Waals surface area contributed by atoms with Gasteiger partial charge in [-0.25, -0.2) is 0 Å². The van der Waals surface area contributed by atoms with Crippen LogP contribution >= 0.6 is 0 Å². The lowest BCUT2D eigenvalue weighted by atomic mass is 9.82. The molecule has 0 saturated carbocycles. The molecule has 1 aliphatic carbocycles. The monoisotopic (exact) mass is 703 g/mol. The van der Waals surface area contributed by atoms with Crippen LogP contribution in [0.1, 0.15) is 25.0 Å². The first-order chi connectivity index (χ1) is 27.0. The fourth-order valence-electron chi connectivity index (χ4n) is 9.02. The van der Waals surface area contributed by atoms with E-state index in [1.54, 1.807) is 0 Å². The Morgan fingerprint density at radius 3 is 1.93 bits per heavy atom. The highest BCUT2D eigenvalue weighted by Crippen LogP contribution is 2.51. The molecule has 260 valence electrons. The van der Waals surface area contributed by atoms with Crippen LogP contribution in [0.4, 0.5) is 17.1 Å². The van der Waals surface area contributed by atoms with Crippen molar-refractivity contribution in [2.45, 2.75) is 19.3 Å². The third kappa shape index (κ3) is 5.02. The van der Waals surface area contributed by atoms with Gasteiger partial charge in [0.05, 0.1) is 0 Å². The molecule has 0 aliphatic heterocycles. The van der Waals surface area contributed by atoms with Crippen molar-refractivity contribution in [2.24, 2.45) is 0 Å². The first-order valence-corrected chi connectivity index (χ1v) is 19.1. The number of benzene rings is 9. The second-order valence-corrected chi connectivity index (χ2v) is 15.4. The number of rotatable bonds is 5. The lowest BCUT2D eigenvalue weighted by Gasteiger charge is -2.28. The Morgan fingerprint density at radius 1 is 0.382 bits per heavy atom. The van der Waals surface area contributed by atoms with Crippen LogP contribution < -0.4 is 4.90 Å². The Hall–Kier alpha value is -6.90. The molecule has 11 rings (SSSR count). The molecule has 1 heterocycles. The maximum Gasteiger partial charge on any atom is 0.136 e. The van der Waals surface area contributed by atoms with E-state index in [-0.39, 0.29) is 5.41 Å². The van der Waals surface area contributed by atoms with Crippen LogP contribution in [0.2, 0.25) is 0 Å². The zero-order chi connectivity index (χ0) is 36.7. The third-order valence-electron chi connectivity index (χ3n) is 11.8. The topological polar surface area (TPSA) is 16.4 Å². The number of fused-ring (bicyclic) bond motifs is 9. The summed E-state index contributed by atoms with van der Waals surface area (Å²) in [6, 6.07) is 68.5. The Labute approximate surface area is 320 Å². The van der Waals surface area contributed by atoms with Gasteiger partial charge < -0.3 is 9.32 Å². The van der Waals surface area contributed by atoms with Crippen molar-refractivity contribution in [3.8, 4) is 33.4 Å². The van der Waals surface area contributed by atoms with Gasteiger partial charge in [0.15, 0.2) is 0 Å². The van der Waals surface area contributed by atoms with Gasteiger partial charge in [0.25, 0.3) is 0 Å². The van der Waals surface area contributed by atoms with E-state index in [0.717, 1.165) is 44.7 Å². The minimum atomic E-state index is -0.0546. The smallest absolute Gasteiger partial charge is 0.136 e. The van der Waals surface area contributed by atoms with Crippen molar-refractivity contribution in [3.63, 3.8) is 0 Å². The zero-order valence-electron chi connectivity index (χ0n) is 30.8. The quantitative estimate of drug-likeness (QED) is 0.177. The van der Waals surface area contributed by atoms with Gasteiger partial charge in [-0.2, -0.15) is 0 Å². The second kappa shape index (κ2) is 12.1. The highest BCUT2D eigenvalue weighted by atomic mass is 16.3. The maximum atomic E-state index is 6.44. The van der Waals surface area contributed by atoms with Crippen LogP contribution in [0.5, 0.6) is 0 Å². The van der Waals surface area contributed by atoms with Crippen molar-refractivity contribution in [1.82, 2.24) is 0 Å². The Kier molecular flexibility index (Phi) is 6.93. The van der Waals surface area contributed by atoms with Gasteiger partial charge in [-0.1, -0.05) is 141 Å². The molecule has 0 amide bonds. The molecule has 10 aromatic rings. The molecule has 0 saturated heterocycles. The minimum Gasteiger partial charge on any atom is -0.456 e. The van der Waals surface area contributed by atoms with Crippen molar-refractivity contribution in [2.75, 3.05) is 4.90 Å². The van der Waals surface area contributed by atoms with E-state index < -0.39 is 0 Å². The van der Waals surface area contributed by atoms with E-state index in [1.807, 2.05) is 0 Å². The van der Waals surface area contributed by atoms with Gasteiger partial charge in [-0.15, -0.1) is 0 Å². The van der Waals surface area contributed by atoms with E-state index >= 15 is 0 Å². The standard InChI is InChI=1S/C53H37NO/c1-53(2)48-17-8-7-16-45(48)47-33-43(26-28-49(47)53)54(42-14-9-13-38(31-42)39-19-18-34-10-3-4-12-37(34)30-39)41-24-20-35(21-25-41)40-22-27-46-51(32-40)55-50-29-23-36-11-5-6-15-44(36)52(46)50/h3-33H,1-2H3.